The lowest BCUT2D eigenvalue weighted by molar-refractivity contribution is -0.275. The molecule has 2 aliphatic heterocycles. The van der Waals surface area contributed by atoms with Crippen LogP contribution in [0.5, 0.6) is 0 Å². The van der Waals surface area contributed by atoms with Gasteiger partial charge in [-0.1, -0.05) is 108 Å². The number of benzene rings is 3. The summed E-state index contributed by atoms with van der Waals surface area (Å²) in [4.78, 5) is 40.9. The summed E-state index contributed by atoms with van der Waals surface area (Å²) in [5, 5.41) is 8.30. The molecule has 3 aromatic rings. The minimum absolute atomic E-state index is 0.00481. The van der Waals surface area contributed by atoms with Crippen molar-refractivity contribution in [2.45, 2.75) is 54.6 Å². The molecule has 1 saturated heterocycles. The van der Waals surface area contributed by atoms with Crippen LogP contribution < -0.4 is 0 Å². The summed E-state index contributed by atoms with van der Waals surface area (Å²) in [6.45, 7) is 1.28. The third-order valence-electron chi connectivity index (χ3n) is 7.21. The van der Waals surface area contributed by atoms with E-state index in [1.54, 1.807) is 12.1 Å². The van der Waals surface area contributed by atoms with Crippen molar-refractivity contribution < 1.29 is 38.1 Å². The minimum atomic E-state index is -2.30. The molecule has 45 heavy (non-hydrogen) atoms. The largest absolute Gasteiger partial charge is 0.457 e. The van der Waals surface area contributed by atoms with Gasteiger partial charge in [0.25, 0.3) is 15.6 Å². The van der Waals surface area contributed by atoms with Crippen LogP contribution >= 0.6 is 34.8 Å². The average Bonchev–Trinajstić information content (AvgIpc) is 3.26. The van der Waals surface area contributed by atoms with Gasteiger partial charge < -0.3 is 23.7 Å². The van der Waals surface area contributed by atoms with Crippen LogP contribution in [0.15, 0.2) is 84.9 Å². The van der Waals surface area contributed by atoms with Crippen molar-refractivity contribution in [3.05, 3.63) is 107 Å². The highest BCUT2D eigenvalue weighted by Gasteiger charge is 2.57. The van der Waals surface area contributed by atoms with Gasteiger partial charge in [0.1, 0.15) is 18.2 Å². The first-order valence-electron chi connectivity index (χ1n) is 13.9. The highest BCUT2D eigenvalue weighted by atomic mass is 35.6. The van der Waals surface area contributed by atoms with E-state index in [9.17, 15) is 14.4 Å². The molecule has 0 bridgehead atoms. The smallest absolute Gasteiger partial charge is 0.303 e. The first-order chi connectivity index (χ1) is 21.5. The van der Waals surface area contributed by atoms with Crippen molar-refractivity contribution in [3.63, 3.8) is 0 Å². The van der Waals surface area contributed by atoms with Gasteiger partial charge in [0.15, 0.2) is 6.10 Å². The number of amides is 2. The van der Waals surface area contributed by atoms with Crippen molar-refractivity contribution >= 4 is 58.5 Å². The second-order valence-electron chi connectivity index (χ2n) is 10.3. The van der Waals surface area contributed by atoms with Crippen LogP contribution in [-0.4, -0.2) is 69.6 Å². The quantitative estimate of drug-likeness (QED) is 0.0986. The molecule has 0 saturated carbocycles. The summed E-state index contributed by atoms with van der Waals surface area (Å²) in [6, 6.07) is 23.4. The van der Waals surface area contributed by atoms with E-state index < -0.39 is 58.1 Å². The topological polar surface area (TPSA) is 124 Å². The van der Waals surface area contributed by atoms with Crippen LogP contribution in [0.2, 0.25) is 0 Å². The normalized spacial score (nSPS) is 23.0. The molecule has 1 N–H and O–H groups in total. The number of hydrogen-bond acceptors (Lipinski definition) is 9. The Labute approximate surface area is 274 Å². The summed E-state index contributed by atoms with van der Waals surface area (Å²) in [6.07, 6.45) is -5.08. The van der Waals surface area contributed by atoms with E-state index >= 15 is 0 Å². The van der Waals surface area contributed by atoms with Crippen LogP contribution in [0.1, 0.15) is 38.8 Å². The third kappa shape index (κ3) is 7.66. The van der Waals surface area contributed by atoms with Gasteiger partial charge in [0.2, 0.25) is 12.2 Å². The monoisotopic (exact) mass is 674 g/mol. The van der Waals surface area contributed by atoms with Gasteiger partial charge in [0.05, 0.1) is 30.9 Å². The Morgan fingerprint density at radius 3 is 1.89 bits per heavy atom. The molecule has 0 aromatic heterocycles. The SMILES string of the molecule is CC(=O)O[C@H]1[C@H](OCc2ccccc2)[C@@H](N2C(=O)c3ccccc3C2=O)[C@@H](OC(=N)C(Cl)(Cl)Cl)O[C@@H]1COCc1ccccc1. The maximum absolute atomic E-state index is 13.8. The summed E-state index contributed by atoms with van der Waals surface area (Å²) in [5.74, 6) is -2.81. The molecule has 2 heterocycles. The number of carbonyl (C=O) groups is 3. The number of hydrogen-bond donors (Lipinski definition) is 1. The molecule has 0 spiro atoms. The van der Waals surface area contributed by atoms with E-state index in [2.05, 4.69) is 0 Å². The zero-order valence-corrected chi connectivity index (χ0v) is 26.2. The molecule has 3 aromatic carbocycles. The predicted molar refractivity (Wildman–Crippen MR) is 165 cm³/mol. The van der Waals surface area contributed by atoms with Gasteiger partial charge in [-0.3, -0.25) is 24.7 Å². The Kier molecular flexibility index (Phi) is 10.4. The van der Waals surface area contributed by atoms with Gasteiger partial charge in [-0.05, 0) is 23.3 Å². The fraction of sp³-hybridized carbons (Fsp3) is 0.312. The van der Waals surface area contributed by atoms with E-state index in [4.69, 9.17) is 63.9 Å². The van der Waals surface area contributed by atoms with Crippen LogP contribution in [-0.2, 0) is 41.7 Å². The highest BCUT2D eigenvalue weighted by Crippen LogP contribution is 2.37. The number of nitrogens with one attached hydrogen (secondary N) is 1. The second kappa shape index (κ2) is 14.3. The average molecular weight is 676 g/mol. The molecular weight excluding hydrogens is 647 g/mol. The number of halogens is 3. The van der Waals surface area contributed by atoms with Crippen molar-refractivity contribution in [1.82, 2.24) is 4.90 Å². The van der Waals surface area contributed by atoms with Crippen molar-refractivity contribution in [2.75, 3.05) is 6.61 Å². The summed E-state index contributed by atoms with van der Waals surface area (Å²) < 4.78 is 27.8. The second-order valence-corrected chi connectivity index (χ2v) is 12.6. The Morgan fingerprint density at radius 2 is 1.36 bits per heavy atom. The fourth-order valence-electron chi connectivity index (χ4n) is 5.21. The molecule has 0 aliphatic carbocycles. The minimum Gasteiger partial charge on any atom is -0.457 e. The molecule has 2 amide bonds. The number of esters is 1. The zero-order valence-electron chi connectivity index (χ0n) is 23.9. The lowest BCUT2D eigenvalue weighted by Crippen LogP contribution is -2.67. The number of carbonyl (C=O) groups excluding carboxylic acids is 3. The summed E-state index contributed by atoms with van der Waals surface area (Å²) in [5.41, 5.74) is 1.94. The highest BCUT2D eigenvalue weighted by molar-refractivity contribution is 6.76. The van der Waals surface area contributed by atoms with Crippen molar-refractivity contribution in [2.24, 2.45) is 0 Å². The Bertz CT molecular complexity index is 1500. The van der Waals surface area contributed by atoms with Gasteiger partial charge in [0, 0.05) is 6.92 Å². The number of ether oxygens (including phenoxy) is 5. The van der Waals surface area contributed by atoms with Crippen LogP contribution in [0.25, 0.3) is 0 Å². The lowest BCUT2D eigenvalue weighted by atomic mass is 9.94. The molecule has 13 heteroatoms. The molecule has 236 valence electrons. The third-order valence-corrected chi connectivity index (χ3v) is 7.73. The van der Waals surface area contributed by atoms with E-state index in [-0.39, 0.29) is 30.9 Å². The van der Waals surface area contributed by atoms with Crippen molar-refractivity contribution in [3.8, 4) is 0 Å². The summed E-state index contributed by atoms with van der Waals surface area (Å²) in [7, 11) is 0. The first-order valence-corrected chi connectivity index (χ1v) is 15.1. The van der Waals surface area contributed by atoms with E-state index in [1.165, 1.54) is 19.1 Å². The molecular formula is C32H29Cl3N2O8. The van der Waals surface area contributed by atoms with Crippen molar-refractivity contribution in [1.29, 1.82) is 5.41 Å². The van der Waals surface area contributed by atoms with Gasteiger partial charge in [-0.15, -0.1) is 0 Å². The van der Waals surface area contributed by atoms with Crippen LogP contribution in [0, 0.1) is 5.41 Å². The molecule has 0 unspecified atom stereocenters. The molecule has 0 radical (unpaired) electrons. The predicted octanol–water partition coefficient (Wildman–Crippen LogP) is 5.47. The molecule has 2 aliphatic rings. The van der Waals surface area contributed by atoms with Gasteiger partial charge in [-0.2, -0.15) is 0 Å². The molecule has 5 atom stereocenters. The molecule has 5 rings (SSSR count). The van der Waals surface area contributed by atoms with Gasteiger partial charge in [-0.25, -0.2) is 0 Å². The van der Waals surface area contributed by atoms with Crippen LogP contribution in [0.3, 0.4) is 0 Å². The Morgan fingerprint density at radius 1 is 0.822 bits per heavy atom. The Balaban J connectivity index is 1.55. The standard InChI is InChI=1S/C32H29Cl3N2O8/c1-19(38)43-26-24(18-41-16-20-10-4-2-5-11-20)44-30(45-31(36)32(33,34)35)25(27(26)42-17-21-12-6-3-7-13-21)37-28(39)22-14-8-9-15-23(22)29(37)40/h2-15,24-27,30,36H,16-18H2,1H3/t24-,25-,26-,27-,30-/m1/s1. The van der Waals surface area contributed by atoms with Gasteiger partial charge >= 0.3 is 5.97 Å². The number of fused-ring (bicyclic) bond motifs is 1. The number of rotatable bonds is 10. The zero-order chi connectivity index (χ0) is 32.1. The first kappa shape index (κ1) is 32.9. The molecule has 10 nitrogen and oxygen atoms in total. The number of alkyl halides is 3. The molecule has 1 fully saturated rings. The summed E-state index contributed by atoms with van der Waals surface area (Å²) >= 11 is 17.9. The Hall–Kier alpha value is -3.51. The maximum atomic E-state index is 13.8. The van der Waals surface area contributed by atoms with E-state index in [1.807, 2.05) is 60.7 Å². The number of imide groups is 1. The van der Waals surface area contributed by atoms with E-state index in [0.29, 0.717) is 0 Å². The maximum Gasteiger partial charge on any atom is 0.303 e. The fourth-order valence-corrected chi connectivity index (χ4v) is 5.35. The lowest BCUT2D eigenvalue weighted by Gasteiger charge is -2.47. The van der Waals surface area contributed by atoms with E-state index in [0.717, 1.165) is 16.0 Å². The number of nitrogens with zero attached hydrogens (tertiary/aromatic N) is 1. The van der Waals surface area contributed by atoms with Crippen LogP contribution in [0.4, 0.5) is 0 Å².